The molecule has 0 spiro atoms. The van der Waals surface area contributed by atoms with Gasteiger partial charge in [0.1, 0.15) is 11.4 Å². The molecule has 178 valence electrons. The van der Waals surface area contributed by atoms with E-state index < -0.39 is 80.7 Å². The first-order valence-electron chi connectivity index (χ1n) is 8.23. The van der Waals surface area contributed by atoms with E-state index in [1.807, 2.05) is 0 Å². The van der Waals surface area contributed by atoms with Crippen LogP contribution in [0.4, 0.5) is 43.9 Å². The third kappa shape index (κ3) is 3.74. The lowest BCUT2D eigenvalue weighted by Gasteiger charge is -2.06. The Balaban J connectivity index is 1.88. The molecule has 34 heavy (non-hydrogen) atoms. The van der Waals surface area contributed by atoms with E-state index in [0.29, 0.717) is 22.7 Å². The number of hydrogen-bond donors (Lipinski definition) is 0. The molecule has 2 aromatic heterocycles. The zero-order chi connectivity index (χ0) is 25.2. The predicted molar refractivity (Wildman–Crippen MR) is 109 cm³/mol. The van der Waals surface area contributed by atoms with Crippen molar-refractivity contribution >= 4 is 54.5 Å². The number of benzene rings is 2. The Morgan fingerprint density at radius 1 is 0.412 bits per heavy atom. The molecule has 0 fully saturated rings. The van der Waals surface area contributed by atoms with E-state index >= 15 is 0 Å². The molecule has 0 amide bonds. The van der Waals surface area contributed by atoms with E-state index in [2.05, 4.69) is 41.8 Å². The normalized spacial score (nSPS) is 11.5. The van der Waals surface area contributed by atoms with Crippen molar-refractivity contribution in [3.05, 3.63) is 65.7 Å². The third-order valence-corrected chi connectivity index (χ3v) is 7.80. The number of hydrogen-bond acceptors (Lipinski definition) is 4. The van der Waals surface area contributed by atoms with Crippen LogP contribution >= 0.6 is 54.5 Å². The van der Waals surface area contributed by atoms with Crippen LogP contribution in [0.5, 0.6) is 0 Å². The molecule has 0 saturated carbocycles. The molecule has 0 aliphatic rings. The number of rotatable bonds is 3. The summed E-state index contributed by atoms with van der Waals surface area (Å²) in [6.07, 6.45) is 0. The molecule has 2 heterocycles. The van der Waals surface area contributed by atoms with Crippen molar-refractivity contribution in [1.82, 2.24) is 9.97 Å². The number of halogens is 12. The summed E-state index contributed by atoms with van der Waals surface area (Å²) in [7, 11) is 0. The zero-order valence-electron chi connectivity index (χ0n) is 15.2. The van der Waals surface area contributed by atoms with Crippen molar-refractivity contribution in [3.8, 4) is 32.5 Å². The topological polar surface area (TPSA) is 25.8 Å². The molecule has 0 aliphatic heterocycles. The highest BCUT2D eigenvalue weighted by Gasteiger charge is 2.32. The molecular formula is C18Br2F10N2S2. The molecule has 2 aromatic carbocycles. The Bertz CT molecular complexity index is 1330. The standard InChI is InChI=1S/C18Br2F10N2S2/c19-15-13(1-3(21)7(25)11(29)8(26)4(1)22)31-17(33-15)18-32-14(16(20)34-18)2-5(23)9(27)12(30)10(28)6(2)24. The van der Waals surface area contributed by atoms with Gasteiger partial charge < -0.3 is 0 Å². The fourth-order valence-electron chi connectivity index (χ4n) is 2.72. The fourth-order valence-corrected chi connectivity index (χ4v) is 5.83. The third-order valence-electron chi connectivity index (χ3n) is 4.25. The van der Waals surface area contributed by atoms with Crippen LogP contribution in [0.1, 0.15) is 0 Å². The molecule has 0 atom stereocenters. The molecule has 0 unspecified atom stereocenters. The maximum absolute atomic E-state index is 14.2. The first kappa shape index (κ1) is 25.1. The summed E-state index contributed by atoms with van der Waals surface area (Å²) < 4.78 is 137. The van der Waals surface area contributed by atoms with Crippen molar-refractivity contribution in [2.75, 3.05) is 0 Å². The van der Waals surface area contributed by atoms with Crippen LogP contribution in [0.25, 0.3) is 32.5 Å². The Morgan fingerprint density at radius 3 is 0.912 bits per heavy atom. The summed E-state index contributed by atoms with van der Waals surface area (Å²) in [6.45, 7) is 0. The van der Waals surface area contributed by atoms with Gasteiger partial charge in [0.15, 0.2) is 56.6 Å². The molecule has 16 heteroatoms. The van der Waals surface area contributed by atoms with Gasteiger partial charge in [-0.1, -0.05) is 0 Å². The van der Waals surface area contributed by atoms with Gasteiger partial charge in [-0.15, -0.1) is 22.7 Å². The molecular weight excluding hydrogens is 658 g/mol. The molecule has 4 rings (SSSR count). The van der Waals surface area contributed by atoms with Crippen LogP contribution in [0.15, 0.2) is 7.57 Å². The second kappa shape index (κ2) is 8.87. The van der Waals surface area contributed by atoms with Gasteiger partial charge in [0.05, 0.1) is 18.7 Å². The predicted octanol–water partition coefficient (Wildman–Crippen LogP) is 8.52. The summed E-state index contributed by atoms with van der Waals surface area (Å²) in [5.74, 6) is -22.2. The molecule has 0 bridgehead atoms. The maximum atomic E-state index is 14.2. The van der Waals surface area contributed by atoms with Crippen molar-refractivity contribution in [2.45, 2.75) is 0 Å². The second-order valence-electron chi connectivity index (χ2n) is 6.17. The minimum Gasteiger partial charge on any atom is -0.232 e. The van der Waals surface area contributed by atoms with Gasteiger partial charge >= 0.3 is 0 Å². The van der Waals surface area contributed by atoms with Gasteiger partial charge in [0, 0.05) is 0 Å². The zero-order valence-corrected chi connectivity index (χ0v) is 20.1. The summed E-state index contributed by atoms with van der Waals surface area (Å²) >= 11 is 6.98. The summed E-state index contributed by atoms with van der Waals surface area (Å²) in [5.41, 5.74) is -4.09. The van der Waals surface area contributed by atoms with Gasteiger partial charge in [0.2, 0.25) is 11.6 Å². The average molecular weight is 658 g/mol. The number of aromatic nitrogens is 2. The van der Waals surface area contributed by atoms with E-state index in [-0.39, 0.29) is 17.6 Å². The minimum absolute atomic E-state index is 0.199. The van der Waals surface area contributed by atoms with Crippen LogP contribution in [0.3, 0.4) is 0 Å². The van der Waals surface area contributed by atoms with Crippen molar-refractivity contribution in [2.24, 2.45) is 0 Å². The fraction of sp³-hybridized carbons (Fsp3) is 0. The van der Waals surface area contributed by atoms with Crippen molar-refractivity contribution < 1.29 is 43.9 Å². The molecule has 0 saturated heterocycles. The lowest BCUT2D eigenvalue weighted by molar-refractivity contribution is 0.381. The van der Waals surface area contributed by atoms with E-state index in [4.69, 9.17) is 0 Å². The van der Waals surface area contributed by atoms with Gasteiger partial charge in [-0.25, -0.2) is 53.9 Å². The Kier molecular flexibility index (Phi) is 6.54. The van der Waals surface area contributed by atoms with Gasteiger partial charge in [-0.2, -0.15) is 0 Å². The van der Waals surface area contributed by atoms with E-state index in [0.717, 1.165) is 0 Å². The molecule has 0 N–H and O–H groups in total. The highest BCUT2D eigenvalue weighted by atomic mass is 79.9. The highest BCUT2D eigenvalue weighted by molar-refractivity contribution is 9.11. The Labute approximate surface area is 206 Å². The SMILES string of the molecule is Fc1c(F)c(F)c(-c2nc(-c3nc(-c4c(F)c(F)c(F)c(F)c4F)c(Br)s3)sc2Br)c(F)c1F. The number of thiazole rings is 2. The van der Waals surface area contributed by atoms with Crippen LogP contribution in [-0.2, 0) is 0 Å². The minimum atomic E-state index is -2.37. The van der Waals surface area contributed by atoms with E-state index in [9.17, 15) is 43.9 Å². The quantitative estimate of drug-likeness (QED) is 0.125. The first-order chi connectivity index (χ1) is 15.9. The summed E-state index contributed by atoms with van der Waals surface area (Å²) in [5, 5.41) is -0.460. The largest absolute Gasteiger partial charge is 0.232 e. The summed E-state index contributed by atoms with van der Waals surface area (Å²) in [4.78, 5) is 7.59. The molecule has 2 nitrogen and oxygen atoms in total. The van der Waals surface area contributed by atoms with Gasteiger partial charge in [-0.05, 0) is 31.9 Å². The molecule has 0 radical (unpaired) electrons. The van der Waals surface area contributed by atoms with Crippen LogP contribution in [0.2, 0.25) is 0 Å². The smallest absolute Gasteiger partial charge is 0.200 e. The second-order valence-corrected chi connectivity index (χ2v) is 10.8. The summed E-state index contributed by atoms with van der Waals surface area (Å²) in [6, 6.07) is 0. The van der Waals surface area contributed by atoms with Crippen LogP contribution < -0.4 is 0 Å². The highest BCUT2D eigenvalue weighted by Crippen LogP contribution is 2.45. The Hall–Kier alpha value is -2.04. The van der Waals surface area contributed by atoms with E-state index in [1.54, 1.807) is 0 Å². The van der Waals surface area contributed by atoms with E-state index in [1.165, 1.54) is 0 Å². The van der Waals surface area contributed by atoms with Crippen LogP contribution in [0, 0.1) is 58.2 Å². The Morgan fingerprint density at radius 2 is 0.647 bits per heavy atom. The van der Waals surface area contributed by atoms with Gasteiger partial charge in [-0.3, -0.25) is 0 Å². The maximum Gasteiger partial charge on any atom is 0.200 e. The monoisotopic (exact) mass is 656 g/mol. The average Bonchev–Trinajstić information content (AvgIpc) is 3.37. The van der Waals surface area contributed by atoms with Crippen molar-refractivity contribution in [3.63, 3.8) is 0 Å². The first-order valence-corrected chi connectivity index (χ1v) is 11.4. The lowest BCUT2D eigenvalue weighted by atomic mass is 10.1. The van der Waals surface area contributed by atoms with Gasteiger partial charge in [0.25, 0.3) is 0 Å². The number of nitrogens with zero attached hydrogens (tertiary/aromatic N) is 2. The van der Waals surface area contributed by atoms with Crippen molar-refractivity contribution in [1.29, 1.82) is 0 Å². The molecule has 4 aromatic rings. The molecule has 0 aliphatic carbocycles. The van der Waals surface area contributed by atoms with Crippen LogP contribution in [-0.4, -0.2) is 9.97 Å². The lowest BCUT2D eigenvalue weighted by Crippen LogP contribution is -2.04.